The lowest BCUT2D eigenvalue weighted by Crippen LogP contribution is -2.49. The molecule has 1 N–H and O–H groups in total. The van der Waals surface area contributed by atoms with E-state index in [1.165, 1.54) is 6.07 Å². The molecule has 1 aliphatic heterocycles. The molecule has 0 saturated carbocycles. The second-order valence-electron chi connectivity index (χ2n) is 7.84. The number of aromatic amines is 1. The fraction of sp³-hybridized carbons (Fsp3) is 0.273. The molecule has 0 unspecified atom stereocenters. The van der Waals surface area contributed by atoms with Crippen LogP contribution in [-0.2, 0) is 29.8 Å². The van der Waals surface area contributed by atoms with Crippen LogP contribution in [0.25, 0.3) is 22.2 Å². The summed E-state index contributed by atoms with van der Waals surface area (Å²) in [6.07, 6.45) is -2.06. The quantitative estimate of drug-likeness (QED) is 0.537. The van der Waals surface area contributed by atoms with Crippen LogP contribution in [0.2, 0.25) is 0 Å². The van der Waals surface area contributed by atoms with Crippen LogP contribution < -0.4 is 0 Å². The minimum absolute atomic E-state index is 0.103. The monoisotopic (exact) mass is 412 g/mol. The highest BCUT2D eigenvalue weighted by atomic mass is 19.4. The van der Waals surface area contributed by atoms with E-state index in [-0.39, 0.29) is 10.9 Å². The van der Waals surface area contributed by atoms with Crippen LogP contribution in [0.15, 0.2) is 54.9 Å². The molecule has 0 radical (unpaired) electrons. The first-order valence-corrected chi connectivity index (χ1v) is 9.56. The summed E-state index contributed by atoms with van der Waals surface area (Å²) in [6, 6.07) is 13.9. The molecule has 5 nitrogen and oxygen atoms in total. The molecule has 30 heavy (non-hydrogen) atoms. The maximum Gasteiger partial charge on any atom is 0.418 e. The van der Waals surface area contributed by atoms with Gasteiger partial charge in [-0.1, -0.05) is 30.3 Å². The Hall–Kier alpha value is -3.13. The summed E-state index contributed by atoms with van der Waals surface area (Å²) >= 11 is 0. The third-order valence-corrected chi connectivity index (χ3v) is 5.81. The SMILES string of the molecule is Cn1cnnc1CC1(c2cccc(-c3cc4cccc(C(F)(F)F)c4[nH]3)c2)COC1. The van der Waals surface area contributed by atoms with Crippen LogP contribution in [0.3, 0.4) is 0 Å². The zero-order chi connectivity index (χ0) is 20.9. The van der Waals surface area contributed by atoms with Crippen LogP contribution in [0.5, 0.6) is 0 Å². The third kappa shape index (κ3) is 3.08. The lowest BCUT2D eigenvalue weighted by atomic mass is 9.75. The fourth-order valence-corrected chi connectivity index (χ4v) is 4.05. The van der Waals surface area contributed by atoms with Gasteiger partial charge in [-0.15, -0.1) is 10.2 Å². The summed E-state index contributed by atoms with van der Waals surface area (Å²) in [5.41, 5.74) is 1.78. The van der Waals surface area contributed by atoms with Gasteiger partial charge in [-0.2, -0.15) is 13.2 Å². The molecule has 1 saturated heterocycles. The van der Waals surface area contributed by atoms with Crippen molar-refractivity contribution in [1.82, 2.24) is 19.7 Å². The van der Waals surface area contributed by atoms with Gasteiger partial charge in [0.15, 0.2) is 0 Å². The number of halogens is 3. The largest absolute Gasteiger partial charge is 0.418 e. The van der Waals surface area contributed by atoms with Gasteiger partial charge in [0, 0.05) is 30.0 Å². The van der Waals surface area contributed by atoms with E-state index in [1.54, 1.807) is 18.5 Å². The third-order valence-electron chi connectivity index (χ3n) is 5.81. The van der Waals surface area contributed by atoms with E-state index >= 15 is 0 Å². The van der Waals surface area contributed by atoms with E-state index in [0.29, 0.717) is 30.7 Å². The topological polar surface area (TPSA) is 55.7 Å². The molecule has 5 rings (SSSR count). The Bertz CT molecular complexity index is 1220. The minimum atomic E-state index is -4.41. The Kier molecular flexibility index (Phi) is 4.21. The molecule has 154 valence electrons. The minimum Gasteiger partial charge on any atom is -0.379 e. The van der Waals surface area contributed by atoms with E-state index in [2.05, 4.69) is 15.2 Å². The first kappa shape index (κ1) is 18.9. The average molecular weight is 412 g/mol. The molecule has 1 aliphatic rings. The van der Waals surface area contributed by atoms with Crippen molar-refractivity contribution in [2.24, 2.45) is 7.05 Å². The number of nitrogens with one attached hydrogen (secondary N) is 1. The Morgan fingerprint density at radius 1 is 1.13 bits per heavy atom. The van der Waals surface area contributed by atoms with E-state index in [0.717, 1.165) is 23.0 Å². The van der Waals surface area contributed by atoms with Gasteiger partial charge in [0.2, 0.25) is 0 Å². The zero-order valence-electron chi connectivity index (χ0n) is 16.2. The van der Waals surface area contributed by atoms with Gasteiger partial charge in [-0.3, -0.25) is 0 Å². The normalized spacial score (nSPS) is 16.0. The van der Waals surface area contributed by atoms with Crippen LogP contribution >= 0.6 is 0 Å². The Balaban J connectivity index is 1.55. The molecule has 2 aromatic heterocycles. The summed E-state index contributed by atoms with van der Waals surface area (Å²) < 4.78 is 47.5. The van der Waals surface area contributed by atoms with Crippen LogP contribution in [0.1, 0.15) is 17.0 Å². The standard InChI is InChI=1S/C22H19F3N4O/c1-29-13-26-28-19(29)10-21(11-30-12-21)16-6-2-4-14(8-16)18-9-15-5-3-7-17(20(15)27-18)22(23,24)25/h2-9,13,27H,10-12H2,1H3. The number of aromatic nitrogens is 4. The van der Waals surface area contributed by atoms with Crippen molar-refractivity contribution < 1.29 is 17.9 Å². The first-order chi connectivity index (χ1) is 14.4. The Labute approximate surface area is 170 Å². The number of benzene rings is 2. The fourth-order valence-electron chi connectivity index (χ4n) is 4.05. The highest BCUT2D eigenvalue weighted by Crippen LogP contribution is 2.39. The first-order valence-electron chi connectivity index (χ1n) is 9.56. The number of hydrogen-bond acceptors (Lipinski definition) is 3. The molecule has 0 aliphatic carbocycles. The summed E-state index contributed by atoms with van der Waals surface area (Å²) in [6.45, 7) is 1.13. The average Bonchev–Trinajstić information content (AvgIpc) is 3.29. The van der Waals surface area contributed by atoms with Crippen molar-refractivity contribution in [2.45, 2.75) is 18.0 Å². The van der Waals surface area contributed by atoms with Crippen molar-refractivity contribution >= 4 is 10.9 Å². The van der Waals surface area contributed by atoms with Crippen LogP contribution in [-0.4, -0.2) is 33.0 Å². The number of aryl methyl sites for hydroxylation is 1. The number of H-pyrrole nitrogens is 1. The number of alkyl halides is 3. The number of fused-ring (bicyclic) bond motifs is 1. The lowest BCUT2D eigenvalue weighted by Gasteiger charge is -2.41. The molecule has 0 bridgehead atoms. The van der Waals surface area contributed by atoms with Gasteiger partial charge < -0.3 is 14.3 Å². The maximum absolute atomic E-state index is 13.4. The maximum atomic E-state index is 13.4. The number of hydrogen-bond donors (Lipinski definition) is 1. The Morgan fingerprint density at radius 3 is 2.60 bits per heavy atom. The van der Waals surface area contributed by atoms with Crippen molar-refractivity contribution in [1.29, 1.82) is 0 Å². The lowest BCUT2D eigenvalue weighted by molar-refractivity contribution is -0.136. The van der Waals surface area contributed by atoms with E-state index < -0.39 is 11.7 Å². The summed E-state index contributed by atoms with van der Waals surface area (Å²) in [4.78, 5) is 2.98. The molecule has 0 atom stereocenters. The molecule has 0 amide bonds. The number of nitrogens with zero attached hydrogens (tertiary/aromatic N) is 3. The summed E-state index contributed by atoms with van der Waals surface area (Å²) in [7, 11) is 1.90. The van der Waals surface area contributed by atoms with Crippen molar-refractivity contribution in [3.8, 4) is 11.3 Å². The molecule has 3 heterocycles. The number of ether oxygens (including phenoxy) is 1. The van der Waals surface area contributed by atoms with Gasteiger partial charge in [0.05, 0.1) is 24.3 Å². The second kappa shape index (κ2) is 6.70. The van der Waals surface area contributed by atoms with E-state index in [1.807, 2.05) is 35.9 Å². The van der Waals surface area contributed by atoms with Gasteiger partial charge in [-0.25, -0.2) is 0 Å². The van der Waals surface area contributed by atoms with Gasteiger partial charge in [0.1, 0.15) is 12.2 Å². The summed E-state index contributed by atoms with van der Waals surface area (Å²) in [5.74, 6) is 0.865. The van der Waals surface area contributed by atoms with E-state index in [9.17, 15) is 13.2 Å². The molecule has 0 spiro atoms. The molecular weight excluding hydrogens is 393 g/mol. The molecule has 4 aromatic rings. The predicted octanol–water partition coefficient (Wildman–Crippen LogP) is 4.49. The molecule has 2 aromatic carbocycles. The highest BCUT2D eigenvalue weighted by molar-refractivity contribution is 5.88. The molecule has 1 fully saturated rings. The Morgan fingerprint density at radius 2 is 1.93 bits per heavy atom. The zero-order valence-corrected chi connectivity index (χ0v) is 16.2. The van der Waals surface area contributed by atoms with Gasteiger partial charge in [-0.05, 0) is 29.3 Å². The van der Waals surface area contributed by atoms with E-state index in [4.69, 9.17) is 4.74 Å². The van der Waals surface area contributed by atoms with Crippen LogP contribution in [0, 0.1) is 0 Å². The summed E-state index contributed by atoms with van der Waals surface area (Å²) in [5, 5.41) is 8.68. The molecular formula is C22H19F3N4O. The van der Waals surface area contributed by atoms with Crippen LogP contribution in [0.4, 0.5) is 13.2 Å². The predicted molar refractivity (Wildman–Crippen MR) is 106 cm³/mol. The van der Waals surface area contributed by atoms with Gasteiger partial charge in [0.25, 0.3) is 0 Å². The number of para-hydroxylation sites is 1. The smallest absolute Gasteiger partial charge is 0.379 e. The van der Waals surface area contributed by atoms with Crippen molar-refractivity contribution in [2.75, 3.05) is 13.2 Å². The van der Waals surface area contributed by atoms with Crippen molar-refractivity contribution in [3.63, 3.8) is 0 Å². The number of rotatable bonds is 4. The van der Waals surface area contributed by atoms with Gasteiger partial charge >= 0.3 is 6.18 Å². The molecule has 8 heteroatoms. The second-order valence-corrected chi connectivity index (χ2v) is 7.84. The highest BCUT2D eigenvalue weighted by Gasteiger charge is 2.42. The van der Waals surface area contributed by atoms with Crippen molar-refractivity contribution in [3.05, 3.63) is 71.8 Å².